The minimum atomic E-state index is 0.776. The van der Waals surface area contributed by atoms with Crippen LogP contribution < -0.4 is 11.3 Å². The molecule has 0 unspecified atom stereocenters. The molecular formula is C11H20N4S. The first-order valence-corrected chi connectivity index (χ1v) is 6.48. The number of rotatable bonds is 5. The summed E-state index contributed by atoms with van der Waals surface area (Å²) in [7, 11) is 0. The van der Waals surface area contributed by atoms with Gasteiger partial charge in [-0.15, -0.1) is 11.3 Å². The summed E-state index contributed by atoms with van der Waals surface area (Å²) in [5.74, 6) is 6.28. The van der Waals surface area contributed by atoms with Gasteiger partial charge in [-0.1, -0.05) is 13.0 Å². The molecule has 1 aromatic heterocycles. The predicted molar refractivity (Wildman–Crippen MR) is 70.3 cm³/mol. The van der Waals surface area contributed by atoms with Crippen molar-refractivity contribution in [3.05, 3.63) is 22.4 Å². The van der Waals surface area contributed by atoms with Gasteiger partial charge in [0.25, 0.3) is 0 Å². The van der Waals surface area contributed by atoms with Gasteiger partial charge in [-0.05, 0) is 24.8 Å². The number of thiophene rings is 1. The summed E-state index contributed by atoms with van der Waals surface area (Å²) in [4.78, 5) is 7.88. The van der Waals surface area contributed by atoms with E-state index < -0.39 is 0 Å². The van der Waals surface area contributed by atoms with Gasteiger partial charge >= 0.3 is 0 Å². The van der Waals surface area contributed by atoms with E-state index in [0.29, 0.717) is 0 Å². The van der Waals surface area contributed by atoms with Crippen LogP contribution in [0.2, 0.25) is 0 Å². The molecule has 16 heavy (non-hydrogen) atoms. The van der Waals surface area contributed by atoms with Crippen molar-refractivity contribution < 1.29 is 0 Å². The zero-order chi connectivity index (χ0) is 11.8. The Kier molecular flexibility index (Phi) is 5.88. The summed E-state index contributed by atoms with van der Waals surface area (Å²) in [6.45, 7) is 6.77. The lowest BCUT2D eigenvalue weighted by atomic mass is 10.4. The molecule has 0 amide bonds. The van der Waals surface area contributed by atoms with Crippen molar-refractivity contribution in [3.63, 3.8) is 0 Å². The van der Waals surface area contributed by atoms with Crippen molar-refractivity contribution in [2.24, 2.45) is 10.8 Å². The SMILES string of the molecule is CCCN=C(NN)N(CC)Cc1cccs1. The van der Waals surface area contributed by atoms with Crippen LogP contribution in [0.5, 0.6) is 0 Å². The van der Waals surface area contributed by atoms with Crippen LogP contribution in [0.3, 0.4) is 0 Å². The molecule has 0 fully saturated rings. The molecule has 0 bridgehead atoms. The Hall–Kier alpha value is -1.07. The van der Waals surface area contributed by atoms with Crippen LogP contribution >= 0.6 is 11.3 Å². The van der Waals surface area contributed by atoms with E-state index in [4.69, 9.17) is 5.84 Å². The van der Waals surface area contributed by atoms with Crippen LogP contribution in [0.15, 0.2) is 22.5 Å². The van der Waals surface area contributed by atoms with Crippen molar-refractivity contribution in [3.8, 4) is 0 Å². The third-order valence-corrected chi connectivity index (χ3v) is 3.08. The Morgan fingerprint density at radius 3 is 2.88 bits per heavy atom. The van der Waals surface area contributed by atoms with Gasteiger partial charge in [-0.3, -0.25) is 10.4 Å². The van der Waals surface area contributed by atoms with E-state index in [1.807, 2.05) is 0 Å². The number of nitrogens with one attached hydrogen (secondary N) is 1. The molecule has 0 saturated heterocycles. The fourth-order valence-corrected chi connectivity index (χ4v) is 2.10. The average molecular weight is 240 g/mol. The topological polar surface area (TPSA) is 53.6 Å². The number of nitrogens with zero attached hydrogens (tertiary/aromatic N) is 2. The summed E-state index contributed by atoms with van der Waals surface area (Å²) < 4.78 is 0. The standard InChI is InChI=1S/C11H20N4S/c1-3-7-13-11(14-12)15(4-2)9-10-6-5-8-16-10/h5-6,8H,3-4,7,9,12H2,1-2H3,(H,13,14). The van der Waals surface area contributed by atoms with Gasteiger partial charge in [0.2, 0.25) is 5.96 Å². The molecule has 0 aliphatic rings. The van der Waals surface area contributed by atoms with Gasteiger partial charge in [0.1, 0.15) is 0 Å². The van der Waals surface area contributed by atoms with Gasteiger partial charge in [0, 0.05) is 18.0 Å². The Morgan fingerprint density at radius 1 is 1.56 bits per heavy atom. The van der Waals surface area contributed by atoms with E-state index in [1.54, 1.807) is 11.3 Å². The molecule has 5 heteroatoms. The second kappa shape index (κ2) is 7.24. The molecule has 0 spiro atoms. The summed E-state index contributed by atoms with van der Waals surface area (Å²) >= 11 is 1.75. The van der Waals surface area contributed by atoms with Crippen LogP contribution in [0.25, 0.3) is 0 Å². The highest BCUT2D eigenvalue weighted by Gasteiger charge is 2.08. The summed E-state index contributed by atoms with van der Waals surface area (Å²) in [5.41, 5.74) is 2.68. The highest BCUT2D eigenvalue weighted by molar-refractivity contribution is 7.09. The molecular weight excluding hydrogens is 220 g/mol. The number of aliphatic imine (C=N–C) groups is 1. The average Bonchev–Trinajstić information content (AvgIpc) is 2.81. The van der Waals surface area contributed by atoms with Gasteiger partial charge in [0.15, 0.2) is 0 Å². The molecule has 0 aromatic carbocycles. The number of guanidine groups is 1. The Balaban J connectivity index is 2.64. The van der Waals surface area contributed by atoms with Gasteiger partial charge < -0.3 is 4.90 Å². The normalized spacial score (nSPS) is 11.6. The molecule has 90 valence electrons. The number of hydrogen-bond donors (Lipinski definition) is 2. The summed E-state index contributed by atoms with van der Waals surface area (Å²) in [6, 6.07) is 4.19. The minimum Gasteiger partial charge on any atom is -0.337 e. The Labute approximate surface area is 101 Å². The smallest absolute Gasteiger partial charge is 0.208 e. The summed E-state index contributed by atoms with van der Waals surface area (Å²) in [5, 5.41) is 2.09. The zero-order valence-electron chi connectivity index (χ0n) is 9.94. The molecule has 0 aliphatic heterocycles. The van der Waals surface area contributed by atoms with Gasteiger partial charge in [-0.2, -0.15) is 0 Å². The maximum Gasteiger partial charge on any atom is 0.208 e. The summed E-state index contributed by atoms with van der Waals surface area (Å²) in [6.07, 6.45) is 1.03. The molecule has 1 aromatic rings. The fraction of sp³-hybridized carbons (Fsp3) is 0.545. The lowest BCUT2D eigenvalue weighted by Crippen LogP contribution is -2.44. The molecule has 1 heterocycles. The molecule has 0 saturated carbocycles. The lowest BCUT2D eigenvalue weighted by Gasteiger charge is -2.23. The third-order valence-electron chi connectivity index (χ3n) is 2.22. The highest BCUT2D eigenvalue weighted by atomic mass is 32.1. The van der Waals surface area contributed by atoms with E-state index in [2.05, 4.69) is 46.7 Å². The largest absolute Gasteiger partial charge is 0.337 e. The van der Waals surface area contributed by atoms with Crippen LogP contribution in [-0.4, -0.2) is 23.9 Å². The van der Waals surface area contributed by atoms with E-state index >= 15 is 0 Å². The first-order chi connectivity index (χ1) is 7.81. The number of hydrazine groups is 1. The second-order valence-corrected chi connectivity index (χ2v) is 4.48. The van der Waals surface area contributed by atoms with Gasteiger partial charge in [0.05, 0.1) is 6.54 Å². The first-order valence-electron chi connectivity index (χ1n) is 5.60. The lowest BCUT2D eigenvalue weighted by molar-refractivity contribution is 0.420. The molecule has 0 atom stereocenters. The highest BCUT2D eigenvalue weighted by Crippen LogP contribution is 2.11. The van der Waals surface area contributed by atoms with Crippen molar-refractivity contribution in [1.82, 2.24) is 10.3 Å². The molecule has 4 nitrogen and oxygen atoms in total. The monoisotopic (exact) mass is 240 g/mol. The Morgan fingerprint density at radius 2 is 2.38 bits per heavy atom. The van der Waals surface area contributed by atoms with Gasteiger partial charge in [-0.25, -0.2) is 5.84 Å². The minimum absolute atomic E-state index is 0.776. The van der Waals surface area contributed by atoms with E-state index in [1.165, 1.54) is 4.88 Å². The van der Waals surface area contributed by atoms with E-state index in [9.17, 15) is 0 Å². The maximum absolute atomic E-state index is 5.50. The third kappa shape index (κ3) is 3.83. The van der Waals surface area contributed by atoms with E-state index in [0.717, 1.165) is 32.0 Å². The number of hydrogen-bond acceptors (Lipinski definition) is 3. The maximum atomic E-state index is 5.50. The van der Waals surface area contributed by atoms with Crippen LogP contribution in [0.4, 0.5) is 0 Å². The first kappa shape index (κ1) is 13.0. The fourth-order valence-electron chi connectivity index (χ4n) is 1.38. The molecule has 1 rings (SSSR count). The number of nitrogens with two attached hydrogens (primary N) is 1. The second-order valence-electron chi connectivity index (χ2n) is 3.44. The molecule has 0 aliphatic carbocycles. The predicted octanol–water partition coefficient (Wildman–Crippen LogP) is 1.80. The Bertz CT molecular complexity index is 308. The van der Waals surface area contributed by atoms with Crippen LogP contribution in [0.1, 0.15) is 25.1 Å². The van der Waals surface area contributed by atoms with Crippen molar-refractivity contribution in [2.45, 2.75) is 26.8 Å². The quantitative estimate of drug-likeness (QED) is 0.357. The van der Waals surface area contributed by atoms with Crippen molar-refractivity contribution >= 4 is 17.3 Å². The van der Waals surface area contributed by atoms with Crippen molar-refractivity contribution in [1.29, 1.82) is 0 Å². The van der Waals surface area contributed by atoms with Crippen molar-refractivity contribution in [2.75, 3.05) is 13.1 Å². The van der Waals surface area contributed by atoms with Crippen LogP contribution in [-0.2, 0) is 6.54 Å². The van der Waals surface area contributed by atoms with E-state index in [-0.39, 0.29) is 0 Å². The van der Waals surface area contributed by atoms with Crippen LogP contribution in [0, 0.1) is 0 Å². The molecule has 3 N–H and O–H groups in total. The zero-order valence-corrected chi connectivity index (χ0v) is 10.8. The molecule has 0 radical (unpaired) electrons.